The van der Waals surface area contributed by atoms with Crippen molar-refractivity contribution in [3.05, 3.63) is 58.6 Å². The largest absolute Gasteiger partial charge is 0.490 e. The highest BCUT2D eigenvalue weighted by molar-refractivity contribution is 6.32. The third kappa shape index (κ3) is 4.90. The van der Waals surface area contributed by atoms with Gasteiger partial charge in [0.05, 0.1) is 11.6 Å². The standard InChI is InChI=1S/C19H23ClN2O2/c1-13(2)15-8-6-7-14(3)18(15)22-19(23)21-11-12-24-17-10-5-4-9-16(17)20/h4-10,13H,11-12H2,1-3H3,(H2,21,22,23). The zero-order valence-electron chi connectivity index (χ0n) is 14.2. The van der Waals surface area contributed by atoms with Crippen molar-refractivity contribution < 1.29 is 9.53 Å². The van der Waals surface area contributed by atoms with E-state index in [4.69, 9.17) is 16.3 Å². The molecule has 2 amide bonds. The SMILES string of the molecule is Cc1cccc(C(C)C)c1NC(=O)NCCOc1ccccc1Cl. The molecule has 0 saturated heterocycles. The number of benzene rings is 2. The Kier molecular flexibility index (Phi) is 6.50. The van der Waals surface area contributed by atoms with Crippen LogP contribution in [-0.4, -0.2) is 19.2 Å². The number of nitrogens with one attached hydrogen (secondary N) is 2. The number of halogens is 1. The molecule has 0 fully saturated rings. The number of hydrogen-bond acceptors (Lipinski definition) is 2. The van der Waals surface area contributed by atoms with Crippen LogP contribution in [-0.2, 0) is 0 Å². The highest BCUT2D eigenvalue weighted by Gasteiger charge is 2.11. The van der Waals surface area contributed by atoms with Crippen LogP contribution < -0.4 is 15.4 Å². The fourth-order valence-corrected chi connectivity index (χ4v) is 2.58. The van der Waals surface area contributed by atoms with Crippen molar-refractivity contribution in [2.75, 3.05) is 18.5 Å². The van der Waals surface area contributed by atoms with Crippen LogP contribution >= 0.6 is 11.6 Å². The number of para-hydroxylation sites is 2. The van der Waals surface area contributed by atoms with E-state index in [0.717, 1.165) is 16.8 Å². The Morgan fingerprint density at radius 3 is 2.62 bits per heavy atom. The molecule has 0 spiro atoms. The molecule has 5 heteroatoms. The molecule has 2 aromatic rings. The topological polar surface area (TPSA) is 50.4 Å². The molecule has 128 valence electrons. The lowest BCUT2D eigenvalue weighted by atomic mass is 9.98. The maximum Gasteiger partial charge on any atom is 0.319 e. The van der Waals surface area contributed by atoms with E-state index in [9.17, 15) is 4.79 Å². The second kappa shape index (κ2) is 8.60. The van der Waals surface area contributed by atoms with Gasteiger partial charge in [0.2, 0.25) is 0 Å². The molecule has 0 bridgehead atoms. The minimum atomic E-state index is -0.242. The summed E-state index contributed by atoms with van der Waals surface area (Å²) in [4.78, 5) is 12.1. The predicted octanol–water partition coefficient (Wildman–Crippen LogP) is 4.97. The van der Waals surface area contributed by atoms with Gasteiger partial charge in [0.15, 0.2) is 0 Å². The molecule has 2 N–H and O–H groups in total. The molecule has 4 nitrogen and oxygen atoms in total. The van der Waals surface area contributed by atoms with E-state index < -0.39 is 0 Å². The highest BCUT2D eigenvalue weighted by Crippen LogP contribution is 2.27. The van der Waals surface area contributed by atoms with Gasteiger partial charge < -0.3 is 15.4 Å². The van der Waals surface area contributed by atoms with Crippen LogP contribution in [0.2, 0.25) is 5.02 Å². The molecular weight excluding hydrogens is 324 g/mol. The molecule has 0 aliphatic carbocycles. The van der Waals surface area contributed by atoms with E-state index in [2.05, 4.69) is 24.5 Å². The Morgan fingerprint density at radius 2 is 1.92 bits per heavy atom. The second-order valence-electron chi connectivity index (χ2n) is 5.85. The summed E-state index contributed by atoms with van der Waals surface area (Å²) in [6.07, 6.45) is 0. The molecule has 2 aromatic carbocycles. The molecule has 0 radical (unpaired) electrons. The molecule has 0 aromatic heterocycles. The summed E-state index contributed by atoms with van der Waals surface area (Å²) in [5.41, 5.74) is 3.04. The number of hydrogen-bond donors (Lipinski definition) is 2. The number of carbonyl (C=O) groups excluding carboxylic acids is 1. The maximum atomic E-state index is 12.1. The van der Waals surface area contributed by atoms with E-state index in [-0.39, 0.29) is 6.03 Å². The summed E-state index contributed by atoms with van der Waals surface area (Å²) in [5, 5.41) is 6.29. The fraction of sp³-hybridized carbons (Fsp3) is 0.316. The van der Waals surface area contributed by atoms with Gasteiger partial charge in [-0.25, -0.2) is 4.79 Å². The fourth-order valence-electron chi connectivity index (χ4n) is 2.39. The van der Waals surface area contributed by atoms with E-state index in [1.54, 1.807) is 12.1 Å². The number of aryl methyl sites for hydroxylation is 1. The Balaban J connectivity index is 1.85. The van der Waals surface area contributed by atoms with Gasteiger partial charge in [0.1, 0.15) is 12.4 Å². The average molecular weight is 347 g/mol. The van der Waals surface area contributed by atoms with Crippen LogP contribution in [0.1, 0.15) is 30.9 Å². The quantitative estimate of drug-likeness (QED) is 0.725. The van der Waals surface area contributed by atoms with Gasteiger partial charge in [-0.15, -0.1) is 0 Å². The number of carbonyl (C=O) groups is 1. The molecule has 0 heterocycles. The van der Waals surface area contributed by atoms with Crippen molar-refractivity contribution in [3.8, 4) is 5.75 Å². The van der Waals surface area contributed by atoms with Gasteiger partial charge >= 0.3 is 6.03 Å². The van der Waals surface area contributed by atoms with Crippen LogP contribution in [0.15, 0.2) is 42.5 Å². The van der Waals surface area contributed by atoms with Crippen molar-refractivity contribution in [3.63, 3.8) is 0 Å². The van der Waals surface area contributed by atoms with Gasteiger partial charge in [0.25, 0.3) is 0 Å². The number of ether oxygens (including phenoxy) is 1. The van der Waals surface area contributed by atoms with E-state index in [1.165, 1.54) is 0 Å². The molecule has 24 heavy (non-hydrogen) atoms. The zero-order valence-corrected chi connectivity index (χ0v) is 15.0. The maximum absolute atomic E-state index is 12.1. The molecule has 0 aliphatic rings. The van der Waals surface area contributed by atoms with Crippen molar-refractivity contribution in [2.45, 2.75) is 26.7 Å². The van der Waals surface area contributed by atoms with Gasteiger partial charge in [-0.2, -0.15) is 0 Å². The lowest BCUT2D eigenvalue weighted by Gasteiger charge is -2.17. The van der Waals surface area contributed by atoms with Crippen molar-refractivity contribution >= 4 is 23.3 Å². The molecular formula is C19H23ClN2O2. The van der Waals surface area contributed by atoms with E-state index in [1.807, 2.05) is 37.3 Å². The summed E-state index contributed by atoms with van der Waals surface area (Å²) >= 11 is 6.01. The molecule has 0 unspecified atom stereocenters. The Morgan fingerprint density at radius 1 is 1.17 bits per heavy atom. The lowest BCUT2D eigenvalue weighted by molar-refractivity contribution is 0.247. The monoisotopic (exact) mass is 346 g/mol. The Hall–Kier alpha value is -2.20. The van der Waals surface area contributed by atoms with Crippen LogP contribution in [0.3, 0.4) is 0 Å². The van der Waals surface area contributed by atoms with E-state index >= 15 is 0 Å². The smallest absolute Gasteiger partial charge is 0.319 e. The summed E-state index contributed by atoms with van der Waals surface area (Å²) in [6, 6.07) is 13.0. The summed E-state index contributed by atoms with van der Waals surface area (Å²) in [6.45, 7) is 6.94. The minimum absolute atomic E-state index is 0.242. The van der Waals surface area contributed by atoms with Gasteiger partial charge in [-0.05, 0) is 36.1 Å². The predicted molar refractivity (Wildman–Crippen MR) is 99.2 cm³/mol. The van der Waals surface area contributed by atoms with Crippen LogP contribution in [0.25, 0.3) is 0 Å². The van der Waals surface area contributed by atoms with Crippen LogP contribution in [0.4, 0.5) is 10.5 Å². The number of urea groups is 1. The zero-order chi connectivity index (χ0) is 17.5. The minimum Gasteiger partial charge on any atom is -0.490 e. The molecule has 0 atom stereocenters. The first-order chi connectivity index (χ1) is 11.5. The first-order valence-electron chi connectivity index (χ1n) is 8.00. The number of rotatable bonds is 6. The third-order valence-electron chi connectivity index (χ3n) is 3.65. The van der Waals surface area contributed by atoms with Gasteiger partial charge in [-0.1, -0.05) is 55.8 Å². The Bertz CT molecular complexity index is 702. The first-order valence-corrected chi connectivity index (χ1v) is 8.38. The number of anilines is 1. The lowest BCUT2D eigenvalue weighted by Crippen LogP contribution is -2.32. The van der Waals surface area contributed by atoms with E-state index in [0.29, 0.717) is 29.8 Å². The van der Waals surface area contributed by atoms with Crippen LogP contribution in [0.5, 0.6) is 5.75 Å². The summed E-state index contributed by atoms with van der Waals surface area (Å²) in [5.74, 6) is 0.950. The highest BCUT2D eigenvalue weighted by atomic mass is 35.5. The second-order valence-corrected chi connectivity index (χ2v) is 6.26. The summed E-state index contributed by atoms with van der Waals surface area (Å²) < 4.78 is 5.55. The first kappa shape index (κ1) is 18.1. The van der Waals surface area contributed by atoms with Crippen molar-refractivity contribution in [1.82, 2.24) is 5.32 Å². The number of amides is 2. The average Bonchev–Trinajstić information content (AvgIpc) is 2.54. The summed E-state index contributed by atoms with van der Waals surface area (Å²) in [7, 11) is 0. The normalized spacial score (nSPS) is 10.5. The molecule has 2 rings (SSSR count). The molecule has 0 aliphatic heterocycles. The Labute approximate surface area is 148 Å². The van der Waals surface area contributed by atoms with Gasteiger partial charge in [0, 0.05) is 5.69 Å². The van der Waals surface area contributed by atoms with Crippen molar-refractivity contribution in [2.24, 2.45) is 0 Å². The van der Waals surface area contributed by atoms with Crippen molar-refractivity contribution in [1.29, 1.82) is 0 Å². The third-order valence-corrected chi connectivity index (χ3v) is 3.96. The van der Waals surface area contributed by atoms with Gasteiger partial charge in [-0.3, -0.25) is 0 Å². The van der Waals surface area contributed by atoms with Crippen LogP contribution in [0, 0.1) is 6.92 Å². The molecule has 0 saturated carbocycles.